The van der Waals surface area contributed by atoms with Gasteiger partial charge in [-0.2, -0.15) is 0 Å². The van der Waals surface area contributed by atoms with Gasteiger partial charge in [-0.25, -0.2) is 9.67 Å². The maximum Gasteiger partial charge on any atom is 0.247 e. The Balaban J connectivity index is 1.97. The first-order chi connectivity index (χ1) is 7.74. The van der Waals surface area contributed by atoms with Crippen LogP contribution in [-0.4, -0.2) is 31.1 Å². The van der Waals surface area contributed by atoms with Crippen LogP contribution >= 0.6 is 15.9 Å². The third kappa shape index (κ3) is 2.83. The number of carbonyl (C=O) groups excluding carboxylic acids is 1. The summed E-state index contributed by atoms with van der Waals surface area (Å²) in [6, 6.07) is 3.48. The van der Waals surface area contributed by atoms with Gasteiger partial charge in [0, 0.05) is 10.7 Å². The van der Waals surface area contributed by atoms with Crippen molar-refractivity contribution < 1.29 is 4.79 Å². The van der Waals surface area contributed by atoms with Crippen molar-refractivity contribution in [2.75, 3.05) is 5.32 Å². The van der Waals surface area contributed by atoms with E-state index in [-0.39, 0.29) is 12.5 Å². The first kappa shape index (κ1) is 10.7. The smallest absolute Gasteiger partial charge is 0.247 e. The Morgan fingerprint density at radius 3 is 3.12 bits per heavy atom. The van der Waals surface area contributed by atoms with Crippen molar-refractivity contribution in [3.63, 3.8) is 0 Å². The minimum atomic E-state index is -0.238. The number of pyridine rings is 1. The van der Waals surface area contributed by atoms with E-state index < -0.39 is 0 Å². The summed E-state index contributed by atoms with van der Waals surface area (Å²) in [7, 11) is 0. The lowest BCUT2D eigenvalue weighted by molar-refractivity contribution is -0.116. The second-order valence-electron chi connectivity index (χ2n) is 2.91. The molecular weight excluding hydrogens is 276 g/mol. The van der Waals surface area contributed by atoms with Crippen molar-refractivity contribution in [1.29, 1.82) is 0 Å². The third-order valence-electron chi connectivity index (χ3n) is 1.69. The lowest BCUT2D eigenvalue weighted by Crippen LogP contribution is -2.19. The summed E-state index contributed by atoms with van der Waals surface area (Å²) < 4.78 is 2.17. The zero-order valence-electron chi connectivity index (χ0n) is 8.04. The van der Waals surface area contributed by atoms with Crippen LogP contribution in [0.5, 0.6) is 0 Å². The molecule has 1 N–H and O–H groups in total. The molecule has 7 nitrogen and oxygen atoms in total. The number of tetrazole rings is 1. The molecular formula is C8H7BrN6O. The van der Waals surface area contributed by atoms with Crippen molar-refractivity contribution >= 4 is 27.7 Å². The first-order valence-corrected chi connectivity index (χ1v) is 5.15. The van der Waals surface area contributed by atoms with Crippen LogP contribution in [0.4, 0.5) is 5.82 Å². The molecule has 0 spiro atoms. The van der Waals surface area contributed by atoms with Crippen molar-refractivity contribution in [2.24, 2.45) is 0 Å². The monoisotopic (exact) mass is 282 g/mol. The number of hydrogen-bond acceptors (Lipinski definition) is 5. The molecule has 0 aliphatic rings. The van der Waals surface area contributed by atoms with Crippen LogP contribution in [0, 0.1) is 0 Å². The Kier molecular flexibility index (Phi) is 3.20. The van der Waals surface area contributed by atoms with Gasteiger partial charge in [-0.05, 0) is 22.6 Å². The van der Waals surface area contributed by atoms with Gasteiger partial charge in [0.05, 0.1) is 0 Å². The minimum absolute atomic E-state index is 0.0567. The summed E-state index contributed by atoms with van der Waals surface area (Å²) in [5, 5.41) is 13.1. The molecule has 1 amide bonds. The van der Waals surface area contributed by atoms with Crippen molar-refractivity contribution in [2.45, 2.75) is 6.54 Å². The summed E-state index contributed by atoms with van der Waals surface area (Å²) in [5.41, 5.74) is 0. The van der Waals surface area contributed by atoms with Crippen LogP contribution in [0.25, 0.3) is 0 Å². The van der Waals surface area contributed by atoms with E-state index in [1.807, 2.05) is 0 Å². The number of aromatic nitrogens is 5. The van der Waals surface area contributed by atoms with Gasteiger partial charge in [0.15, 0.2) is 0 Å². The Morgan fingerprint density at radius 2 is 2.44 bits per heavy atom. The van der Waals surface area contributed by atoms with Crippen LogP contribution in [0.1, 0.15) is 0 Å². The molecule has 2 aromatic heterocycles. The second kappa shape index (κ2) is 4.79. The number of amides is 1. The topological polar surface area (TPSA) is 85.6 Å². The minimum Gasteiger partial charge on any atom is -0.309 e. The Bertz CT molecular complexity index is 485. The molecule has 0 unspecified atom stereocenters. The number of halogens is 1. The summed E-state index contributed by atoms with van der Waals surface area (Å²) in [6.07, 6.45) is 2.96. The molecule has 0 radical (unpaired) electrons. The van der Waals surface area contributed by atoms with E-state index >= 15 is 0 Å². The van der Waals surface area contributed by atoms with E-state index in [9.17, 15) is 4.79 Å². The van der Waals surface area contributed by atoms with Gasteiger partial charge in [-0.3, -0.25) is 4.79 Å². The molecule has 8 heteroatoms. The van der Waals surface area contributed by atoms with Crippen LogP contribution in [-0.2, 0) is 11.3 Å². The van der Waals surface area contributed by atoms with Gasteiger partial charge >= 0.3 is 0 Å². The van der Waals surface area contributed by atoms with E-state index in [4.69, 9.17) is 0 Å². The molecule has 2 heterocycles. The second-order valence-corrected chi connectivity index (χ2v) is 3.83. The van der Waals surface area contributed by atoms with E-state index in [2.05, 4.69) is 41.8 Å². The molecule has 0 aromatic carbocycles. The fourth-order valence-corrected chi connectivity index (χ4v) is 1.39. The number of nitrogens with one attached hydrogen (secondary N) is 1. The largest absolute Gasteiger partial charge is 0.309 e. The zero-order chi connectivity index (χ0) is 11.4. The molecule has 16 heavy (non-hydrogen) atoms. The molecule has 0 fully saturated rings. The number of anilines is 1. The average Bonchev–Trinajstić information content (AvgIpc) is 2.70. The van der Waals surface area contributed by atoms with Gasteiger partial charge in [0.25, 0.3) is 0 Å². The standard InChI is InChI=1S/C8H7BrN6O/c9-6-1-2-10-7(3-6)12-8(16)4-15-5-11-13-14-15/h1-3,5H,4H2,(H,10,12,16). The maximum absolute atomic E-state index is 11.5. The number of hydrogen-bond donors (Lipinski definition) is 1. The molecule has 2 aromatic rings. The molecule has 0 aliphatic heterocycles. The average molecular weight is 283 g/mol. The normalized spacial score (nSPS) is 10.1. The lowest BCUT2D eigenvalue weighted by Gasteiger charge is -2.03. The highest BCUT2D eigenvalue weighted by molar-refractivity contribution is 9.10. The maximum atomic E-state index is 11.5. The SMILES string of the molecule is O=C(Cn1cnnn1)Nc1cc(Br)ccn1. The van der Waals surface area contributed by atoms with Gasteiger partial charge < -0.3 is 5.32 Å². The molecule has 0 bridgehead atoms. The molecule has 0 atom stereocenters. The number of rotatable bonds is 3. The van der Waals surface area contributed by atoms with Gasteiger partial charge in [-0.15, -0.1) is 5.10 Å². The van der Waals surface area contributed by atoms with Crippen LogP contribution in [0.3, 0.4) is 0 Å². The fraction of sp³-hybridized carbons (Fsp3) is 0.125. The number of carbonyl (C=O) groups is 1. The first-order valence-electron chi connectivity index (χ1n) is 4.36. The fourth-order valence-electron chi connectivity index (χ4n) is 1.06. The summed E-state index contributed by atoms with van der Waals surface area (Å²) in [6.45, 7) is 0.0567. The van der Waals surface area contributed by atoms with Crippen molar-refractivity contribution in [3.05, 3.63) is 29.1 Å². The third-order valence-corrected chi connectivity index (χ3v) is 2.18. The predicted octanol–water partition coefficient (Wildman–Crippen LogP) is 0.469. The molecule has 0 aliphatic carbocycles. The van der Waals surface area contributed by atoms with E-state index in [1.54, 1.807) is 18.3 Å². The highest BCUT2D eigenvalue weighted by atomic mass is 79.9. The lowest BCUT2D eigenvalue weighted by atomic mass is 10.4. The molecule has 82 valence electrons. The highest BCUT2D eigenvalue weighted by Gasteiger charge is 2.05. The van der Waals surface area contributed by atoms with Crippen LogP contribution in [0.2, 0.25) is 0 Å². The Hall–Kier alpha value is -1.83. The molecule has 0 saturated heterocycles. The predicted molar refractivity (Wildman–Crippen MR) is 58.4 cm³/mol. The van der Waals surface area contributed by atoms with Gasteiger partial charge in [0.1, 0.15) is 18.7 Å². The summed E-state index contributed by atoms with van der Waals surface area (Å²) in [4.78, 5) is 15.5. The van der Waals surface area contributed by atoms with Crippen LogP contribution in [0.15, 0.2) is 29.1 Å². The Morgan fingerprint density at radius 1 is 1.56 bits per heavy atom. The molecule has 0 saturated carbocycles. The van der Waals surface area contributed by atoms with E-state index in [0.717, 1.165) is 4.47 Å². The highest BCUT2D eigenvalue weighted by Crippen LogP contribution is 2.12. The molecule has 2 rings (SSSR count). The quantitative estimate of drug-likeness (QED) is 0.885. The zero-order valence-corrected chi connectivity index (χ0v) is 9.62. The van der Waals surface area contributed by atoms with E-state index in [1.165, 1.54) is 11.0 Å². The van der Waals surface area contributed by atoms with E-state index in [0.29, 0.717) is 5.82 Å². The number of nitrogens with zero attached hydrogens (tertiary/aromatic N) is 5. The van der Waals surface area contributed by atoms with Crippen molar-refractivity contribution in [3.8, 4) is 0 Å². The Labute approximate surface area is 99.0 Å². The summed E-state index contributed by atoms with van der Waals surface area (Å²) in [5.74, 6) is 0.241. The summed E-state index contributed by atoms with van der Waals surface area (Å²) >= 11 is 3.28. The van der Waals surface area contributed by atoms with Crippen molar-refractivity contribution in [1.82, 2.24) is 25.2 Å². The van der Waals surface area contributed by atoms with Crippen LogP contribution < -0.4 is 5.32 Å². The van der Waals surface area contributed by atoms with Gasteiger partial charge in [0.2, 0.25) is 5.91 Å². The van der Waals surface area contributed by atoms with Gasteiger partial charge in [-0.1, -0.05) is 15.9 Å².